The number of likely N-dealkylation sites (tertiary alicyclic amines) is 1. The smallest absolute Gasteiger partial charge is 0.258 e. The molecule has 174 valence electrons. The van der Waals surface area contributed by atoms with Crippen LogP contribution in [0.1, 0.15) is 68.9 Å². The van der Waals surface area contributed by atoms with Gasteiger partial charge in [-0.25, -0.2) is 0 Å². The van der Waals surface area contributed by atoms with Crippen molar-refractivity contribution in [3.05, 3.63) is 29.3 Å². The Morgan fingerprint density at radius 3 is 2.25 bits per heavy atom. The van der Waals surface area contributed by atoms with Crippen molar-refractivity contribution in [3.63, 3.8) is 0 Å². The van der Waals surface area contributed by atoms with Crippen LogP contribution in [0.3, 0.4) is 0 Å². The molecule has 32 heavy (non-hydrogen) atoms. The highest BCUT2D eigenvalue weighted by molar-refractivity contribution is 5.78. The largest absolute Gasteiger partial charge is 0.484 e. The van der Waals surface area contributed by atoms with Gasteiger partial charge in [0.2, 0.25) is 5.91 Å². The summed E-state index contributed by atoms with van der Waals surface area (Å²) in [6.07, 6.45) is 10.6. The average Bonchev–Trinajstić information content (AvgIpc) is 2.72. The van der Waals surface area contributed by atoms with Crippen molar-refractivity contribution < 1.29 is 14.3 Å². The Hall–Kier alpha value is -2.04. The van der Waals surface area contributed by atoms with Crippen molar-refractivity contribution in [1.29, 1.82) is 0 Å². The van der Waals surface area contributed by atoms with E-state index >= 15 is 0 Å². The fourth-order valence-electron chi connectivity index (χ4n) is 7.59. The molecule has 1 aromatic rings. The van der Waals surface area contributed by atoms with E-state index in [9.17, 15) is 9.59 Å². The van der Waals surface area contributed by atoms with Crippen LogP contribution in [-0.4, -0.2) is 42.5 Å². The fraction of sp³-hybridized carbons (Fsp3) is 0.704. The molecule has 5 heteroatoms. The van der Waals surface area contributed by atoms with Crippen LogP contribution in [0.4, 0.5) is 0 Å². The molecule has 2 amide bonds. The quantitative estimate of drug-likeness (QED) is 0.716. The van der Waals surface area contributed by atoms with E-state index in [0.29, 0.717) is 11.3 Å². The Morgan fingerprint density at radius 1 is 1.03 bits per heavy atom. The third kappa shape index (κ3) is 4.67. The molecule has 0 atom stereocenters. The fourth-order valence-corrected chi connectivity index (χ4v) is 7.59. The molecule has 4 saturated carbocycles. The van der Waals surface area contributed by atoms with Gasteiger partial charge in [0.25, 0.3) is 5.91 Å². The number of ether oxygens (including phenoxy) is 1. The van der Waals surface area contributed by atoms with Gasteiger partial charge in [-0.3, -0.25) is 9.59 Å². The SMILES string of the molecule is Cc1ccc(OCC(=O)NC2CCN(C(=O)CC34CC5CC(CC(C5)C3)C4)CC2)c(C)c1. The van der Waals surface area contributed by atoms with Crippen LogP contribution in [0.15, 0.2) is 18.2 Å². The van der Waals surface area contributed by atoms with Crippen LogP contribution in [0.5, 0.6) is 5.75 Å². The van der Waals surface area contributed by atoms with E-state index in [1.54, 1.807) is 0 Å². The van der Waals surface area contributed by atoms with Crippen molar-refractivity contribution in [2.75, 3.05) is 19.7 Å². The van der Waals surface area contributed by atoms with Crippen LogP contribution in [0.25, 0.3) is 0 Å². The number of carbonyl (C=O) groups is 2. The number of amides is 2. The Kier molecular flexibility index (Phi) is 5.94. The molecule has 6 rings (SSSR count). The van der Waals surface area contributed by atoms with Crippen molar-refractivity contribution >= 4 is 11.8 Å². The second-order valence-electron chi connectivity index (χ2n) is 11.4. The standard InChI is InChI=1S/C27H38N2O3/c1-18-3-4-24(19(2)9-18)32-17-25(30)28-23-5-7-29(8-6-23)26(31)16-27-13-20-10-21(14-27)12-22(11-20)15-27/h3-4,9,20-23H,5-8,10-17H2,1-2H3,(H,28,30). The summed E-state index contributed by atoms with van der Waals surface area (Å²) in [6.45, 7) is 5.59. The van der Waals surface area contributed by atoms with Crippen LogP contribution >= 0.6 is 0 Å². The molecular formula is C27H38N2O3. The highest BCUT2D eigenvalue weighted by atomic mass is 16.5. The molecule has 0 aromatic heterocycles. The minimum atomic E-state index is -0.0803. The van der Waals surface area contributed by atoms with Gasteiger partial charge in [-0.05, 0) is 100 Å². The average molecular weight is 439 g/mol. The molecule has 0 radical (unpaired) electrons. The summed E-state index contributed by atoms with van der Waals surface area (Å²) in [5.41, 5.74) is 2.54. The van der Waals surface area contributed by atoms with Crippen LogP contribution in [-0.2, 0) is 9.59 Å². The second kappa shape index (κ2) is 8.72. The summed E-state index contributed by atoms with van der Waals surface area (Å²) in [5, 5.41) is 3.10. The summed E-state index contributed by atoms with van der Waals surface area (Å²) < 4.78 is 5.71. The van der Waals surface area contributed by atoms with Gasteiger partial charge in [0.05, 0.1) is 0 Å². The van der Waals surface area contributed by atoms with E-state index in [4.69, 9.17) is 4.74 Å². The number of hydrogen-bond acceptors (Lipinski definition) is 3. The zero-order chi connectivity index (χ0) is 22.3. The monoisotopic (exact) mass is 438 g/mol. The van der Waals surface area contributed by atoms with Crippen molar-refractivity contribution in [1.82, 2.24) is 10.2 Å². The van der Waals surface area contributed by atoms with Crippen molar-refractivity contribution in [2.24, 2.45) is 23.2 Å². The zero-order valence-electron chi connectivity index (χ0n) is 19.7. The third-order valence-electron chi connectivity index (χ3n) is 8.59. The maximum atomic E-state index is 13.1. The number of carbonyl (C=O) groups excluding carboxylic acids is 2. The van der Waals surface area contributed by atoms with Crippen LogP contribution in [0.2, 0.25) is 0 Å². The maximum Gasteiger partial charge on any atom is 0.258 e. The molecule has 5 nitrogen and oxygen atoms in total. The summed E-state index contributed by atoms with van der Waals surface area (Å²) in [7, 11) is 0. The number of piperidine rings is 1. The summed E-state index contributed by atoms with van der Waals surface area (Å²) in [4.78, 5) is 27.6. The first kappa shape index (κ1) is 21.8. The molecule has 4 bridgehead atoms. The molecule has 1 heterocycles. The molecule has 1 N–H and O–H groups in total. The Balaban J connectivity index is 1.06. The van der Waals surface area contributed by atoms with Crippen molar-refractivity contribution in [3.8, 4) is 5.75 Å². The molecule has 0 spiro atoms. The highest BCUT2D eigenvalue weighted by Gasteiger charge is 2.51. The van der Waals surface area contributed by atoms with Gasteiger partial charge in [0.1, 0.15) is 5.75 Å². The molecular weight excluding hydrogens is 400 g/mol. The topological polar surface area (TPSA) is 58.6 Å². The number of nitrogens with zero attached hydrogens (tertiary/aromatic N) is 1. The number of rotatable bonds is 6. The normalized spacial score (nSPS) is 31.6. The molecule has 5 aliphatic rings. The lowest BCUT2D eigenvalue weighted by molar-refractivity contribution is -0.140. The molecule has 4 aliphatic carbocycles. The summed E-state index contributed by atoms with van der Waals surface area (Å²) in [5.74, 6) is 3.71. The van der Waals surface area contributed by atoms with Crippen LogP contribution in [0, 0.1) is 37.0 Å². The number of nitrogens with one attached hydrogen (secondary N) is 1. The molecule has 1 aliphatic heterocycles. The van der Waals surface area contributed by atoms with Crippen LogP contribution < -0.4 is 10.1 Å². The lowest BCUT2D eigenvalue weighted by Gasteiger charge is -2.57. The van der Waals surface area contributed by atoms with Gasteiger partial charge in [0, 0.05) is 25.6 Å². The number of hydrogen-bond donors (Lipinski definition) is 1. The van der Waals surface area contributed by atoms with E-state index in [-0.39, 0.29) is 18.6 Å². The zero-order valence-corrected chi connectivity index (χ0v) is 19.7. The van der Waals surface area contributed by atoms with Gasteiger partial charge in [-0.15, -0.1) is 0 Å². The second-order valence-corrected chi connectivity index (χ2v) is 11.4. The lowest BCUT2D eigenvalue weighted by atomic mass is 9.49. The first-order chi connectivity index (χ1) is 15.4. The molecule has 1 saturated heterocycles. The van der Waals surface area contributed by atoms with E-state index < -0.39 is 0 Å². The maximum absolute atomic E-state index is 13.1. The molecule has 0 unspecified atom stereocenters. The Bertz CT molecular complexity index is 836. The third-order valence-corrected chi connectivity index (χ3v) is 8.59. The predicted molar refractivity (Wildman–Crippen MR) is 124 cm³/mol. The first-order valence-corrected chi connectivity index (χ1v) is 12.6. The van der Waals surface area contributed by atoms with E-state index in [1.165, 1.54) is 44.1 Å². The van der Waals surface area contributed by atoms with Gasteiger partial charge in [0.15, 0.2) is 6.61 Å². The number of benzene rings is 1. The Morgan fingerprint density at radius 2 is 1.66 bits per heavy atom. The Labute approximate surface area is 192 Å². The lowest BCUT2D eigenvalue weighted by Crippen LogP contribution is -2.51. The number of aryl methyl sites for hydroxylation is 2. The van der Waals surface area contributed by atoms with E-state index in [0.717, 1.165) is 61.4 Å². The van der Waals surface area contributed by atoms with E-state index in [1.807, 2.05) is 26.0 Å². The summed E-state index contributed by atoms with van der Waals surface area (Å²) in [6, 6.07) is 6.11. The van der Waals surface area contributed by atoms with Gasteiger partial charge in [-0.1, -0.05) is 17.7 Å². The first-order valence-electron chi connectivity index (χ1n) is 12.6. The van der Waals surface area contributed by atoms with E-state index in [2.05, 4.69) is 16.3 Å². The predicted octanol–water partition coefficient (Wildman–Crippen LogP) is 4.40. The van der Waals surface area contributed by atoms with Gasteiger partial charge in [-0.2, -0.15) is 0 Å². The molecule has 5 fully saturated rings. The van der Waals surface area contributed by atoms with Gasteiger partial charge < -0.3 is 15.0 Å². The van der Waals surface area contributed by atoms with Gasteiger partial charge >= 0.3 is 0 Å². The van der Waals surface area contributed by atoms with Crippen molar-refractivity contribution in [2.45, 2.75) is 77.7 Å². The minimum Gasteiger partial charge on any atom is -0.484 e. The summed E-state index contributed by atoms with van der Waals surface area (Å²) >= 11 is 0. The highest BCUT2D eigenvalue weighted by Crippen LogP contribution is 2.61. The molecule has 1 aromatic carbocycles. The minimum absolute atomic E-state index is 0.0368.